The first-order valence-corrected chi connectivity index (χ1v) is 7.85. The summed E-state index contributed by atoms with van der Waals surface area (Å²) in [4.78, 5) is 36.6. The molecule has 0 bridgehead atoms. The molecular formula is C18H19NO6. The molecule has 1 aliphatic heterocycles. The molecule has 0 fully saturated rings. The molecule has 132 valence electrons. The number of nitrogens with one attached hydrogen (secondary N) is 1. The van der Waals surface area contributed by atoms with Crippen molar-refractivity contribution in [1.82, 2.24) is 5.32 Å². The molecular weight excluding hydrogens is 326 g/mol. The normalized spacial score (nSPS) is 14.7. The maximum absolute atomic E-state index is 12.3. The third-order valence-electron chi connectivity index (χ3n) is 3.52. The zero-order valence-electron chi connectivity index (χ0n) is 14.0. The van der Waals surface area contributed by atoms with Gasteiger partial charge in [0.15, 0.2) is 5.76 Å². The molecule has 7 heteroatoms. The molecule has 1 aromatic carbocycles. The van der Waals surface area contributed by atoms with Gasteiger partial charge >= 0.3 is 11.9 Å². The molecule has 2 N–H and O–H groups in total. The maximum Gasteiger partial charge on any atom is 0.355 e. The first kappa shape index (κ1) is 18.3. The van der Waals surface area contributed by atoms with Gasteiger partial charge in [0, 0.05) is 6.42 Å². The number of carbonyl (C=O) groups excluding carboxylic acids is 3. The van der Waals surface area contributed by atoms with Gasteiger partial charge in [-0.1, -0.05) is 30.3 Å². The first-order chi connectivity index (χ1) is 12.0. The Balaban J connectivity index is 2.58. The molecule has 0 aliphatic carbocycles. The molecule has 1 aromatic rings. The number of amides is 1. The van der Waals surface area contributed by atoms with E-state index in [1.807, 2.05) is 0 Å². The Morgan fingerprint density at radius 1 is 1.08 bits per heavy atom. The van der Waals surface area contributed by atoms with Gasteiger partial charge < -0.3 is 19.9 Å². The largest absolute Gasteiger partial charge is 0.503 e. The van der Waals surface area contributed by atoms with Crippen LogP contribution in [0.1, 0.15) is 25.8 Å². The lowest BCUT2D eigenvalue weighted by Crippen LogP contribution is -2.30. The van der Waals surface area contributed by atoms with E-state index in [1.54, 1.807) is 44.2 Å². The topological polar surface area (TPSA) is 102 Å². The molecule has 7 nitrogen and oxygen atoms in total. The predicted molar refractivity (Wildman–Crippen MR) is 89.0 cm³/mol. The molecule has 0 radical (unpaired) electrons. The van der Waals surface area contributed by atoms with E-state index in [0.29, 0.717) is 11.1 Å². The van der Waals surface area contributed by atoms with E-state index in [0.717, 1.165) is 0 Å². The second kappa shape index (κ2) is 8.14. The third kappa shape index (κ3) is 4.06. The van der Waals surface area contributed by atoms with Crippen LogP contribution in [0.5, 0.6) is 0 Å². The predicted octanol–water partition coefficient (Wildman–Crippen LogP) is 1.86. The van der Waals surface area contributed by atoms with E-state index < -0.39 is 23.6 Å². The van der Waals surface area contributed by atoms with Gasteiger partial charge in [-0.25, -0.2) is 9.59 Å². The number of aliphatic hydroxyl groups is 1. The highest BCUT2D eigenvalue weighted by molar-refractivity contribution is 6.10. The Morgan fingerprint density at radius 2 is 1.68 bits per heavy atom. The summed E-state index contributed by atoms with van der Waals surface area (Å²) in [5.41, 5.74) is 0.656. The Hall–Kier alpha value is -3.09. The van der Waals surface area contributed by atoms with Gasteiger partial charge in [-0.3, -0.25) is 4.79 Å². The summed E-state index contributed by atoms with van der Waals surface area (Å²) >= 11 is 0. The fourth-order valence-electron chi connectivity index (χ4n) is 2.38. The van der Waals surface area contributed by atoms with Gasteiger partial charge in [-0.15, -0.1) is 0 Å². The zero-order chi connectivity index (χ0) is 18.4. The van der Waals surface area contributed by atoms with E-state index in [4.69, 9.17) is 9.47 Å². The molecule has 0 unspecified atom stereocenters. The summed E-state index contributed by atoms with van der Waals surface area (Å²) in [6.07, 6.45) is -0.151. The monoisotopic (exact) mass is 345 g/mol. The summed E-state index contributed by atoms with van der Waals surface area (Å²) in [6.45, 7) is 3.46. The molecule has 0 saturated heterocycles. The van der Waals surface area contributed by atoms with Crippen molar-refractivity contribution in [3.05, 3.63) is 52.9 Å². The van der Waals surface area contributed by atoms with E-state index in [9.17, 15) is 19.5 Å². The number of aliphatic hydroxyl groups excluding tert-OH is 1. The quantitative estimate of drug-likeness (QED) is 0.790. The lowest BCUT2D eigenvalue weighted by molar-refractivity contribution is -0.140. The molecule has 1 heterocycles. The van der Waals surface area contributed by atoms with Crippen molar-refractivity contribution in [2.24, 2.45) is 0 Å². The second-order valence-electron chi connectivity index (χ2n) is 5.12. The van der Waals surface area contributed by atoms with Crippen molar-refractivity contribution >= 4 is 23.4 Å². The second-order valence-corrected chi connectivity index (χ2v) is 5.12. The minimum atomic E-state index is -0.961. The van der Waals surface area contributed by atoms with E-state index in [2.05, 4.69) is 5.32 Å². The van der Waals surface area contributed by atoms with Crippen LogP contribution >= 0.6 is 0 Å². The molecule has 0 aromatic heterocycles. The van der Waals surface area contributed by atoms with Gasteiger partial charge in [-0.2, -0.15) is 0 Å². The van der Waals surface area contributed by atoms with Gasteiger partial charge in [-0.05, 0) is 25.0 Å². The van der Waals surface area contributed by atoms with E-state index in [-0.39, 0.29) is 30.9 Å². The molecule has 0 spiro atoms. The van der Waals surface area contributed by atoms with Crippen LogP contribution in [0.4, 0.5) is 0 Å². The Labute approximate surface area is 144 Å². The summed E-state index contributed by atoms with van der Waals surface area (Å²) in [5, 5.41) is 12.4. The summed E-state index contributed by atoms with van der Waals surface area (Å²) in [5.74, 6) is -3.29. The van der Waals surface area contributed by atoms with E-state index in [1.165, 1.54) is 0 Å². The molecule has 0 saturated carbocycles. The van der Waals surface area contributed by atoms with Crippen LogP contribution in [0.3, 0.4) is 0 Å². The third-order valence-corrected chi connectivity index (χ3v) is 3.52. The van der Waals surface area contributed by atoms with Gasteiger partial charge in [0.1, 0.15) is 5.70 Å². The van der Waals surface area contributed by atoms with Crippen molar-refractivity contribution < 1.29 is 29.0 Å². The van der Waals surface area contributed by atoms with Crippen LogP contribution in [0.25, 0.3) is 5.57 Å². The van der Waals surface area contributed by atoms with Crippen LogP contribution in [-0.2, 0) is 23.9 Å². The summed E-state index contributed by atoms with van der Waals surface area (Å²) in [7, 11) is 0. The molecule has 1 aliphatic rings. The van der Waals surface area contributed by atoms with Gasteiger partial charge in [0.05, 0.1) is 18.8 Å². The lowest BCUT2D eigenvalue weighted by atomic mass is 9.96. The average molecular weight is 345 g/mol. The van der Waals surface area contributed by atoms with Gasteiger partial charge in [0.25, 0.3) is 5.91 Å². The number of allylic oxidation sites excluding steroid dienone is 1. The van der Waals surface area contributed by atoms with Crippen LogP contribution < -0.4 is 5.32 Å². The summed E-state index contributed by atoms with van der Waals surface area (Å²) < 4.78 is 9.90. The minimum Gasteiger partial charge on any atom is -0.503 e. The number of esters is 2. The summed E-state index contributed by atoms with van der Waals surface area (Å²) in [6, 6.07) is 8.76. The van der Waals surface area contributed by atoms with Crippen LogP contribution in [0.15, 0.2) is 47.4 Å². The van der Waals surface area contributed by atoms with Gasteiger partial charge in [0.2, 0.25) is 0 Å². The zero-order valence-corrected chi connectivity index (χ0v) is 14.0. The maximum atomic E-state index is 12.3. The smallest absolute Gasteiger partial charge is 0.355 e. The van der Waals surface area contributed by atoms with E-state index >= 15 is 0 Å². The standard InChI is InChI=1S/C18H19NO6/c1-3-24-17(22)13-10-12(11-8-6-5-7-9-11)14(18(23)25-4-2)19-16(21)15(13)20/h5-9,20H,3-4,10H2,1-2H3,(H,19,21). The Kier molecular flexibility index (Phi) is 5.94. The molecule has 0 atom stereocenters. The Morgan fingerprint density at radius 3 is 2.28 bits per heavy atom. The van der Waals surface area contributed by atoms with Crippen LogP contribution in [-0.4, -0.2) is 36.2 Å². The fraction of sp³-hybridized carbons (Fsp3) is 0.278. The number of benzene rings is 1. The minimum absolute atomic E-state index is 0.0896. The Bertz CT molecular complexity index is 748. The van der Waals surface area contributed by atoms with Crippen molar-refractivity contribution in [3.63, 3.8) is 0 Å². The number of hydrogen-bond acceptors (Lipinski definition) is 6. The van der Waals surface area contributed by atoms with Crippen molar-refractivity contribution in [2.75, 3.05) is 13.2 Å². The van der Waals surface area contributed by atoms with Crippen LogP contribution in [0.2, 0.25) is 0 Å². The highest BCUT2D eigenvalue weighted by Gasteiger charge is 2.32. The number of carbonyl (C=O) groups is 3. The lowest BCUT2D eigenvalue weighted by Gasteiger charge is -2.13. The first-order valence-electron chi connectivity index (χ1n) is 7.85. The highest BCUT2D eigenvalue weighted by Crippen LogP contribution is 2.30. The van der Waals surface area contributed by atoms with Crippen molar-refractivity contribution in [2.45, 2.75) is 20.3 Å². The van der Waals surface area contributed by atoms with Crippen molar-refractivity contribution in [1.29, 1.82) is 0 Å². The number of ether oxygens (including phenoxy) is 2. The molecule has 1 amide bonds. The number of rotatable bonds is 5. The number of hydrogen-bond donors (Lipinski definition) is 2. The average Bonchev–Trinajstić information content (AvgIpc) is 2.74. The van der Waals surface area contributed by atoms with Crippen LogP contribution in [0, 0.1) is 0 Å². The fourth-order valence-corrected chi connectivity index (χ4v) is 2.38. The highest BCUT2D eigenvalue weighted by atomic mass is 16.5. The SMILES string of the molecule is CCOC(=O)C1=C(O)C(=O)NC(C(=O)OCC)=C(c2ccccc2)C1. The van der Waals surface area contributed by atoms with Crippen molar-refractivity contribution in [3.8, 4) is 0 Å². The molecule has 2 rings (SSSR count). The molecule has 25 heavy (non-hydrogen) atoms.